The minimum absolute atomic E-state index is 0.134. The van der Waals surface area contributed by atoms with E-state index >= 15 is 0 Å². The van der Waals surface area contributed by atoms with E-state index in [0.717, 1.165) is 10.9 Å². The van der Waals surface area contributed by atoms with Crippen LogP contribution in [-0.4, -0.2) is 15.0 Å². The average molecular weight is 252 g/mol. The van der Waals surface area contributed by atoms with Crippen LogP contribution in [-0.2, 0) is 7.05 Å². The topological polar surface area (TPSA) is 63.2 Å². The number of para-hydroxylation sites is 1. The number of nitrogens with zero attached hydrogens (tertiary/aromatic N) is 3. The van der Waals surface area contributed by atoms with Gasteiger partial charge in [-0.25, -0.2) is 0 Å². The summed E-state index contributed by atoms with van der Waals surface area (Å²) in [6, 6.07) is 11.2. The Labute approximate surface area is 109 Å². The summed E-state index contributed by atoms with van der Waals surface area (Å²) in [5.74, 6) is -0.134. The number of carbonyl (C=O) groups is 1. The lowest BCUT2D eigenvalue weighted by atomic mass is 10.2. The van der Waals surface area contributed by atoms with Gasteiger partial charge in [-0.1, -0.05) is 18.2 Å². The number of rotatable bonds is 2. The summed E-state index contributed by atoms with van der Waals surface area (Å²) in [4.78, 5) is 12.5. The van der Waals surface area contributed by atoms with Gasteiger partial charge in [0, 0.05) is 24.7 Å². The normalized spacial score (nSPS) is 10.8. The van der Waals surface area contributed by atoms with Crippen LogP contribution in [0.1, 0.15) is 10.5 Å². The second kappa shape index (κ2) is 4.20. The minimum Gasteiger partial charge on any atom is -0.502 e. The van der Waals surface area contributed by atoms with E-state index in [-0.39, 0.29) is 5.91 Å². The molecule has 0 bridgehead atoms. The lowest BCUT2D eigenvalue weighted by Gasteiger charge is -2.04. The molecule has 5 nitrogen and oxygen atoms in total. The van der Waals surface area contributed by atoms with Crippen molar-refractivity contribution in [3.05, 3.63) is 60.0 Å². The third kappa shape index (κ3) is 1.76. The van der Waals surface area contributed by atoms with Crippen molar-refractivity contribution in [3.8, 4) is 0 Å². The molecular formula is C14H12N4O. The van der Waals surface area contributed by atoms with Gasteiger partial charge in [-0.15, -0.1) is 0 Å². The Bertz CT molecular complexity index is 782. The second-order valence-electron chi connectivity index (χ2n) is 4.39. The number of nitrogens with one attached hydrogen (secondary N) is 1. The van der Waals surface area contributed by atoms with E-state index in [4.69, 9.17) is 5.53 Å². The summed E-state index contributed by atoms with van der Waals surface area (Å²) in [6.07, 6.45) is 3.41. The lowest BCUT2D eigenvalue weighted by molar-refractivity contribution is -0.379. The van der Waals surface area contributed by atoms with Crippen molar-refractivity contribution in [1.29, 1.82) is 0 Å². The highest BCUT2D eigenvalue weighted by Crippen LogP contribution is 2.18. The van der Waals surface area contributed by atoms with Gasteiger partial charge in [0.25, 0.3) is 5.91 Å². The molecule has 5 heteroatoms. The van der Waals surface area contributed by atoms with E-state index in [1.807, 2.05) is 35.4 Å². The molecular weight excluding hydrogens is 240 g/mol. The summed E-state index contributed by atoms with van der Waals surface area (Å²) in [7, 11) is 1.76. The molecule has 2 aromatic heterocycles. The number of aryl methyl sites for hydroxylation is 1. The van der Waals surface area contributed by atoms with Crippen LogP contribution in [0.3, 0.4) is 0 Å². The monoisotopic (exact) mass is 252 g/mol. The van der Waals surface area contributed by atoms with Crippen molar-refractivity contribution in [1.82, 2.24) is 9.13 Å². The van der Waals surface area contributed by atoms with Crippen LogP contribution < -0.4 is 5.11 Å². The predicted octanol–water partition coefficient (Wildman–Crippen LogP) is 1.40. The van der Waals surface area contributed by atoms with Gasteiger partial charge in [0.1, 0.15) is 5.69 Å². The van der Waals surface area contributed by atoms with Crippen LogP contribution in [0.25, 0.3) is 16.4 Å². The van der Waals surface area contributed by atoms with E-state index in [1.165, 1.54) is 0 Å². The highest BCUT2D eigenvalue weighted by Gasteiger charge is 2.16. The fraction of sp³-hybridized carbons (Fsp3) is 0.0714. The first-order valence-corrected chi connectivity index (χ1v) is 5.88. The Hall–Kier alpha value is -2.69. The highest BCUT2D eigenvalue weighted by atomic mass is 16.2. The first-order chi connectivity index (χ1) is 9.20. The number of carbonyl (C=O) groups excluding carboxylic acids is 1. The number of benzene rings is 1. The van der Waals surface area contributed by atoms with Crippen LogP contribution in [0.4, 0.5) is 5.69 Å². The Morgan fingerprint density at radius 1 is 1.26 bits per heavy atom. The molecule has 0 saturated heterocycles. The quantitative estimate of drug-likeness (QED) is 0.688. The number of hydrogen-bond acceptors (Lipinski definition) is 1. The van der Waals surface area contributed by atoms with Crippen LogP contribution in [0.2, 0.25) is 0 Å². The van der Waals surface area contributed by atoms with Crippen LogP contribution >= 0.6 is 0 Å². The van der Waals surface area contributed by atoms with Gasteiger partial charge < -0.3 is 10.1 Å². The van der Waals surface area contributed by atoms with Gasteiger partial charge >= 0.3 is 0 Å². The van der Waals surface area contributed by atoms with Crippen LogP contribution in [0.5, 0.6) is 0 Å². The van der Waals surface area contributed by atoms with Gasteiger partial charge in [-0.3, -0.25) is 14.5 Å². The molecule has 0 aliphatic heterocycles. The maximum Gasteiger partial charge on any atom is 0.279 e. The van der Waals surface area contributed by atoms with Crippen molar-refractivity contribution >= 4 is 22.5 Å². The van der Waals surface area contributed by atoms with Gasteiger partial charge in [0.15, 0.2) is 0 Å². The molecule has 0 amide bonds. The zero-order valence-electron chi connectivity index (χ0n) is 10.4. The van der Waals surface area contributed by atoms with Crippen molar-refractivity contribution in [2.24, 2.45) is 7.05 Å². The van der Waals surface area contributed by atoms with E-state index in [0.29, 0.717) is 11.4 Å². The summed E-state index contributed by atoms with van der Waals surface area (Å²) in [6.45, 7) is 0. The molecule has 1 N–H and O–H groups in total. The van der Waals surface area contributed by atoms with Crippen molar-refractivity contribution < 1.29 is 9.91 Å². The zero-order chi connectivity index (χ0) is 13.4. The van der Waals surface area contributed by atoms with Crippen molar-refractivity contribution in [2.45, 2.75) is 0 Å². The predicted molar refractivity (Wildman–Crippen MR) is 71.1 cm³/mol. The minimum atomic E-state index is -0.134. The molecule has 2 heterocycles. The summed E-state index contributed by atoms with van der Waals surface area (Å²) in [5.41, 5.74) is 10.7. The Balaban J connectivity index is 2.13. The number of hydrogen-bond donors (Lipinski definition) is 1. The molecule has 0 aliphatic carbocycles. The fourth-order valence-corrected chi connectivity index (χ4v) is 2.22. The molecule has 0 spiro atoms. The molecule has 3 rings (SSSR count). The largest absolute Gasteiger partial charge is 0.502 e. The summed E-state index contributed by atoms with van der Waals surface area (Å²) < 4.78 is 3.28. The Morgan fingerprint density at radius 3 is 2.79 bits per heavy atom. The van der Waals surface area contributed by atoms with Crippen molar-refractivity contribution in [3.63, 3.8) is 0 Å². The molecule has 94 valence electrons. The first kappa shape index (κ1) is 11.4. The molecule has 0 saturated carbocycles. The highest BCUT2D eigenvalue weighted by molar-refractivity contribution is 6.01. The standard InChI is InChI=1S/C14H12N4O/c1-17-9-11(16-15)8-13(17)14(19)18-7-6-10-4-2-3-5-12(10)18/h2-9,16H,1H3. The van der Waals surface area contributed by atoms with E-state index in [9.17, 15) is 4.79 Å². The van der Waals surface area contributed by atoms with Gasteiger partial charge in [0.05, 0.1) is 11.7 Å². The molecule has 0 fully saturated rings. The first-order valence-electron chi connectivity index (χ1n) is 5.88. The lowest BCUT2D eigenvalue weighted by Crippen LogP contribution is -2.53. The Morgan fingerprint density at radius 2 is 2.05 bits per heavy atom. The second-order valence-corrected chi connectivity index (χ2v) is 4.39. The smallest absolute Gasteiger partial charge is 0.279 e. The fourth-order valence-electron chi connectivity index (χ4n) is 2.22. The molecule has 0 atom stereocenters. The third-order valence-electron chi connectivity index (χ3n) is 3.17. The van der Waals surface area contributed by atoms with E-state index in [2.05, 4.69) is 0 Å². The van der Waals surface area contributed by atoms with Gasteiger partial charge in [0.2, 0.25) is 5.69 Å². The number of aromatic nitrogens is 2. The van der Waals surface area contributed by atoms with Crippen LogP contribution in [0.15, 0.2) is 48.8 Å². The SMILES string of the molecule is Cn1cc([NH+]=[N-])cc1C(=O)n1ccc2ccccc21. The van der Waals surface area contributed by atoms with Gasteiger partial charge in [-0.05, 0) is 12.1 Å². The molecule has 1 aromatic carbocycles. The zero-order valence-corrected chi connectivity index (χ0v) is 10.4. The van der Waals surface area contributed by atoms with E-state index < -0.39 is 0 Å². The number of fused-ring (bicyclic) bond motifs is 1. The summed E-state index contributed by atoms with van der Waals surface area (Å²) in [5, 5.41) is 3.06. The maximum absolute atomic E-state index is 12.5. The average Bonchev–Trinajstić information content (AvgIpc) is 3.01. The summed E-state index contributed by atoms with van der Waals surface area (Å²) >= 11 is 0. The molecule has 0 aliphatic rings. The third-order valence-corrected chi connectivity index (χ3v) is 3.17. The molecule has 0 radical (unpaired) electrons. The Kier molecular flexibility index (Phi) is 2.52. The molecule has 19 heavy (non-hydrogen) atoms. The van der Waals surface area contributed by atoms with E-state index in [1.54, 1.807) is 34.6 Å². The van der Waals surface area contributed by atoms with Crippen molar-refractivity contribution in [2.75, 3.05) is 0 Å². The van der Waals surface area contributed by atoms with Crippen LogP contribution in [0, 0.1) is 0 Å². The maximum atomic E-state index is 12.5. The van der Waals surface area contributed by atoms with Gasteiger partial charge in [-0.2, -0.15) is 0 Å². The molecule has 0 unspecified atom stereocenters. The molecule has 3 aromatic rings.